The van der Waals surface area contributed by atoms with Crippen LogP contribution in [0.2, 0.25) is 0 Å². The monoisotopic (exact) mass is 412 g/mol. The summed E-state index contributed by atoms with van der Waals surface area (Å²) in [6.45, 7) is 1.83. The molecular weight excluding hydrogens is 389 g/mol. The van der Waals surface area contributed by atoms with E-state index in [1.807, 2.05) is 6.92 Å². The largest absolute Gasteiger partial charge is 0.494 e. The summed E-state index contributed by atoms with van der Waals surface area (Å²) in [4.78, 5) is 15.7. The molecule has 1 fully saturated rings. The van der Waals surface area contributed by atoms with Crippen LogP contribution in [0.4, 0.5) is 18.9 Å². The van der Waals surface area contributed by atoms with Gasteiger partial charge in [0.25, 0.3) is 5.91 Å². The topological polar surface area (TPSA) is 80.7 Å². The fourth-order valence-electron chi connectivity index (χ4n) is 2.68. The van der Waals surface area contributed by atoms with Crippen molar-refractivity contribution in [2.45, 2.75) is 38.4 Å². The Bertz CT molecular complexity index is 835. The number of ether oxygens (including phenoxy) is 2. The Morgan fingerprint density at radius 3 is 2.66 bits per heavy atom. The van der Waals surface area contributed by atoms with Crippen LogP contribution in [0.5, 0.6) is 5.75 Å². The number of aliphatic hydroxyl groups excluding tert-OH is 1. The fourth-order valence-corrected chi connectivity index (χ4v) is 2.68. The first-order chi connectivity index (χ1) is 13.8. The van der Waals surface area contributed by atoms with Crippen LogP contribution in [-0.2, 0) is 16.0 Å². The summed E-state index contributed by atoms with van der Waals surface area (Å²) >= 11 is 0. The maximum absolute atomic E-state index is 13.6. The molecule has 158 valence electrons. The smallest absolute Gasteiger partial charge is 0.253 e. The van der Waals surface area contributed by atoms with Crippen LogP contribution in [-0.4, -0.2) is 41.9 Å². The van der Waals surface area contributed by atoms with E-state index in [0.717, 1.165) is 18.7 Å². The van der Waals surface area contributed by atoms with Crippen LogP contribution < -0.4 is 10.1 Å². The molecule has 0 saturated carbocycles. The predicted molar refractivity (Wildman–Crippen MR) is 100 cm³/mol. The van der Waals surface area contributed by atoms with Gasteiger partial charge in [-0.2, -0.15) is 4.39 Å². The molecular formula is C20H23F3N2O4. The number of nitrogens with one attached hydrogen (secondary N) is 1. The number of pyridine rings is 1. The van der Waals surface area contributed by atoms with Crippen LogP contribution in [0.3, 0.4) is 0 Å². The zero-order valence-corrected chi connectivity index (χ0v) is 16.1. The van der Waals surface area contributed by atoms with Gasteiger partial charge in [-0.15, -0.1) is 0 Å². The van der Waals surface area contributed by atoms with Crippen molar-refractivity contribution in [2.24, 2.45) is 0 Å². The highest BCUT2D eigenvalue weighted by Crippen LogP contribution is 2.22. The van der Waals surface area contributed by atoms with Crippen molar-refractivity contribution in [3.8, 4) is 5.75 Å². The number of aromatic nitrogens is 1. The molecule has 2 N–H and O–H groups in total. The molecule has 29 heavy (non-hydrogen) atoms. The van der Waals surface area contributed by atoms with Crippen molar-refractivity contribution < 1.29 is 32.5 Å². The highest BCUT2D eigenvalue weighted by Gasteiger charge is 2.28. The van der Waals surface area contributed by atoms with Gasteiger partial charge in [0.05, 0.1) is 25.1 Å². The van der Waals surface area contributed by atoms with E-state index < -0.39 is 23.6 Å². The summed E-state index contributed by atoms with van der Waals surface area (Å²) in [7, 11) is 1.29. The highest BCUT2D eigenvalue weighted by molar-refractivity contribution is 5.94. The number of nitrogens with zero attached hydrogens (tertiary/aromatic N) is 1. The molecule has 9 heteroatoms. The fraction of sp³-hybridized carbons (Fsp3) is 0.400. The second kappa shape index (κ2) is 10.8. The first-order valence-corrected chi connectivity index (χ1v) is 9.05. The zero-order valence-electron chi connectivity index (χ0n) is 16.1. The zero-order chi connectivity index (χ0) is 21.4. The van der Waals surface area contributed by atoms with Gasteiger partial charge >= 0.3 is 0 Å². The maximum atomic E-state index is 13.6. The van der Waals surface area contributed by atoms with E-state index in [-0.39, 0.29) is 30.1 Å². The molecule has 6 nitrogen and oxygen atoms in total. The Labute approximate surface area is 166 Å². The van der Waals surface area contributed by atoms with Gasteiger partial charge in [-0.1, -0.05) is 6.07 Å². The van der Waals surface area contributed by atoms with Gasteiger partial charge in [0.15, 0.2) is 17.4 Å². The van der Waals surface area contributed by atoms with Gasteiger partial charge in [-0.25, -0.2) is 8.78 Å². The molecule has 1 aromatic heterocycles. The normalized spacial score (nSPS) is 18.0. The number of hydrogen-bond acceptors (Lipinski definition) is 5. The van der Waals surface area contributed by atoms with E-state index >= 15 is 0 Å². The van der Waals surface area contributed by atoms with Crippen molar-refractivity contribution in [1.29, 1.82) is 0 Å². The Morgan fingerprint density at radius 2 is 2.07 bits per heavy atom. The van der Waals surface area contributed by atoms with Gasteiger partial charge in [-0.3, -0.25) is 9.78 Å². The number of amides is 1. The number of aliphatic hydroxyl groups is 1. The number of carbonyl (C=O) groups excluding carboxylic acids is 1. The van der Waals surface area contributed by atoms with E-state index in [2.05, 4.69) is 15.0 Å². The van der Waals surface area contributed by atoms with E-state index in [0.29, 0.717) is 18.5 Å². The molecule has 0 spiro atoms. The van der Waals surface area contributed by atoms with Crippen LogP contribution in [0.15, 0.2) is 30.5 Å². The molecule has 1 amide bonds. The molecule has 0 bridgehead atoms. The lowest BCUT2D eigenvalue weighted by molar-refractivity contribution is -0.126. The minimum atomic E-state index is -0.940. The predicted octanol–water partition coefficient (Wildman–Crippen LogP) is 3.23. The molecule has 2 atom stereocenters. The molecule has 0 aliphatic carbocycles. The number of methoxy groups -OCH3 is 1. The van der Waals surface area contributed by atoms with Crippen molar-refractivity contribution in [1.82, 2.24) is 4.98 Å². The van der Waals surface area contributed by atoms with Gasteiger partial charge in [0.2, 0.25) is 5.82 Å². The molecule has 3 rings (SSSR count). The molecule has 1 aromatic carbocycles. The van der Waals surface area contributed by atoms with E-state index in [1.54, 1.807) is 0 Å². The minimum absolute atomic E-state index is 0.0583. The third-order valence-electron chi connectivity index (χ3n) is 4.20. The lowest BCUT2D eigenvalue weighted by Gasteiger charge is -2.12. The number of rotatable bonds is 5. The summed E-state index contributed by atoms with van der Waals surface area (Å²) in [5, 5.41) is 11.3. The first-order valence-electron chi connectivity index (χ1n) is 9.05. The van der Waals surface area contributed by atoms with Crippen molar-refractivity contribution >= 4 is 11.6 Å². The SMILES string of the molecule is CC1CCC(C(=O)Nc2cc(CCO)ncc2F)O1.COc1cccc(F)c1F. The number of halogens is 3. The van der Waals surface area contributed by atoms with Crippen LogP contribution in [0.25, 0.3) is 0 Å². The van der Waals surface area contributed by atoms with Crippen molar-refractivity contribution in [3.63, 3.8) is 0 Å². The number of benzene rings is 1. The Kier molecular flexibility index (Phi) is 8.41. The molecule has 0 radical (unpaired) electrons. The molecule has 1 aliphatic heterocycles. The number of hydrogen-bond donors (Lipinski definition) is 2. The molecule has 2 aromatic rings. The van der Waals surface area contributed by atoms with Gasteiger partial charge in [-0.05, 0) is 38.0 Å². The van der Waals surface area contributed by atoms with Crippen LogP contribution >= 0.6 is 0 Å². The average Bonchev–Trinajstić information content (AvgIpc) is 3.14. The molecule has 2 unspecified atom stereocenters. The second-order valence-corrected chi connectivity index (χ2v) is 6.39. The minimum Gasteiger partial charge on any atom is -0.494 e. The van der Waals surface area contributed by atoms with Crippen LogP contribution in [0, 0.1) is 17.5 Å². The van der Waals surface area contributed by atoms with Gasteiger partial charge in [0, 0.05) is 18.7 Å². The first kappa shape index (κ1) is 22.6. The van der Waals surface area contributed by atoms with Gasteiger partial charge < -0.3 is 19.9 Å². The molecule has 2 heterocycles. The number of carbonyl (C=O) groups is 1. The number of anilines is 1. The second-order valence-electron chi connectivity index (χ2n) is 6.39. The van der Waals surface area contributed by atoms with E-state index in [9.17, 15) is 18.0 Å². The van der Waals surface area contributed by atoms with Crippen molar-refractivity contribution in [3.05, 3.63) is 53.6 Å². The Hall–Kier alpha value is -2.65. The Morgan fingerprint density at radius 1 is 1.31 bits per heavy atom. The highest BCUT2D eigenvalue weighted by atomic mass is 19.2. The summed E-state index contributed by atoms with van der Waals surface area (Å²) in [6.07, 6.45) is 2.36. The third kappa shape index (κ3) is 6.43. The molecule has 1 aliphatic rings. The summed E-state index contributed by atoms with van der Waals surface area (Å²) < 4.78 is 48.3. The summed E-state index contributed by atoms with van der Waals surface area (Å²) in [5.41, 5.74) is 0.603. The lowest BCUT2D eigenvalue weighted by Crippen LogP contribution is -2.28. The lowest BCUT2D eigenvalue weighted by atomic mass is 10.2. The van der Waals surface area contributed by atoms with E-state index in [1.165, 1.54) is 25.3 Å². The van der Waals surface area contributed by atoms with E-state index in [4.69, 9.17) is 9.84 Å². The average molecular weight is 412 g/mol. The third-order valence-corrected chi connectivity index (χ3v) is 4.20. The standard InChI is InChI=1S/C13H17FN2O3.C7H6F2O/c1-8-2-3-12(19-8)13(18)16-11-6-9(4-5-17)15-7-10(11)14;1-10-6-4-2-3-5(8)7(6)9/h6-8,12,17H,2-5H2,1H3,(H,15,16,18);2-4H,1H3. The van der Waals surface area contributed by atoms with Crippen LogP contribution in [0.1, 0.15) is 25.5 Å². The summed E-state index contributed by atoms with van der Waals surface area (Å²) in [5.74, 6) is -2.84. The summed E-state index contributed by atoms with van der Waals surface area (Å²) in [6, 6.07) is 5.22. The Balaban J connectivity index is 0.000000253. The van der Waals surface area contributed by atoms with Crippen molar-refractivity contribution in [2.75, 3.05) is 19.0 Å². The molecule has 1 saturated heterocycles. The van der Waals surface area contributed by atoms with Gasteiger partial charge in [0.1, 0.15) is 6.10 Å². The maximum Gasteiger partial charge on any atom is 0.253 e. The quantitative estimate of drug-likeness (QED) is 0.788.